The Morgan fingerprint density at radius 2 is 1.84 bits per heavy atom. The Bertz CT molecular complexity index is 655. The Kier molecular flexibility index (Phi) is 2.81. The molecule has 0 amide bonds. The topological polar surface area (TPSA) is 82.6 Å². The van der Waals surface area contributed by atoms with Crippen LogP contribution in [0.3, 0.4) is 0 Å². The van der Waals surface area contributed by atoms with Gasteiger partial charge in [-0.2, -0.15) is 0 Å². The van der Waals surface area contributed by atoms with Gasteiger partial charge < -0.3 is 19.7 Å². The van der Waals surface area contributed by atoms with Gasteiger partial charge in [0.15, 0.2) is 5.60 Å². The SMILES string of the molecule is CC(C)(O)[C@]12O[C@H]1C[C@@H]1[C@@]3(C)CCC[C@@](C)(C(=O)O)[C@@H]3CC[C@@]13O[C@H]32. The van der Waals surface area contributed by atoms with Gasteiger partial charge in [-0.25, -0.2) is 0 Å². The molecule has 2 saturated heterocycles. The fraction of sp³-hybridized carbons (Fsp3) is 0.950. The van der Waals surface area contributed by atoms with Crippen LogP contribution in [0.25, 0.3) is 0 Å². The van der Waals surface area contributed by atoms with Gasteiger partial charge in [0.2, 0.25) is 0 Å². The maximum absolute atomic E-state index is 12.1. The maximum atomic E-state index is 12.1. The number of fused-ring (bicyclic) bond motifs is 4. The third-order valence-electron chi connectivity index (χ3n) is 8.95. The van der Waals surface area contributed by atoms with Gasteiger partial charge >= 0.3 is 5.97 Å². The molecule has 5 rings (SSSR count). The first-order chi connectivity index (χ1) is 11.5. The zero-order valence-corrected chi connectivity index (χ0v) is 15.7. The van der Waals surface area contributed by atoms with Crippen molar-refractivity contribution >= 4 is 5.97 Å². The standard InChI is InChI=1S/C20H30O5/c1-16(2,23)20-13(24-20)10-12-17(3)7-5-8-18(4,15(21)22)11(17)6-9-19(12)14(20)25-19/h11-14,23H,5-10H2,1-4H3,(H,21,22)/t11-,12-,13+,14-,17+,18-,19-,20+/m1/s1. The van der Waals surface area contributed by atoms with Gasteiger partial charge in [0.05, 0.1) is 17.1 Å². The number of rotatable bonds is 2. The van der Waals surface area contributed by atoms with E-state index >= 15 is 0 Å². The molecule has 0 aromatic rings. The minimum absolute atomic E-state index is 0.0178. The summed E-state index contributed by atoms with van der Waals surface area (Å²) < 4.78 is 12.5. The summed E-state index contributed by atoms with van der Waals surface area (Å²) in [5, 5.41) is 20.6. The summed E-state index contributed by atoms with van der Waals surface area (Å²) in [7, 11) is 0. The normalized spacial score (nSPS) is 59.1. The average Bonchev–Trinajstić information content (AvgIpc) is 3.36. The van der Waals surface area contributed by atoms with Gasteiger partial charge in [-0.3, -0.25) is 4.79 Å². The Morgan fingerprint density at radius 1 is 1.12 bits per heavy atom. The lowest BCUT2D eigenvalue weighted by Gasteiger charge is -2.59. The third-order valence-corrected chi connectivity index (χ3v) is 8.95. The Balaban J connectivity index is 1.53. The lowest BCUT2D eigenvalue weighted by atomic mass is 9.43. The number of aliphatic carboxylic acids is 1. The predicted molar refractivity (Wildman–Crippen MR) is 90.0 cm³/mol. The molecule has 2 N–H and O–H groups in total. The summed E-state index contributed by atoms with van der Waals surface area (Å²) in [5.41, 5.74) is -2.30. The molecular weight excluding hydrogens is 320 g/mol. The minimum atomic E-state index is -0.906. The van der Waals surface area contributed by atoms with Crippen LogP contribution in [0, 0.1) is 22.7 Å². The monoisotopic (exact) mass is 350 g/mol. The summed E-state index contributed by atoms with van der Waals surface area (Å²) >= 11 is 0. The van der Waals surface area contributed by atoms with E-state index in [1.54, 1.807) is 0 Å². The molecule has 2 heterocycles. The largest absolute Gasteiger partial charge is 0.481 e. The lowest BCUT2D eigenvalue weighted by molar-refractivity contribution is -0.172. The van der Waals surface area contributed by atoms with Crippen LogP contribution in [-0.4, -0.2) is 45.2 Å². The summed E-state index contributed by atoms with van der Waals surface area (Å²) in [6.07, 6.45) is 5.54. The van der Waals surface area contributed by atoms with Gasteiger partial charge in [-0.15, -0.1) is 0 Å². The molecule has 5 heteroatoms. The molecule has 140 valence electrons. The second-order valence-electron chi connectivity index (χ2n) is 10.4. The van der Waals surface area contributed by atoms with Crippen LogP contribution >= 0.6 is 0 Å². The fourth-order valence-electron chi connectivity index (χ4n) is 7.62. The molecule has 3 aliphatic carbocycles. The van der Waals surface area contributed by atoms with Crippen molar-refractivity contribution in [2.24, 2.45) is 22.7 Å². The van der Waals surface area contributed by atoms with Crippen molar-refractivity contribution in [3.63, 3.8) is 0 Å². The van der Waals surface area contributed by atoms with Crippen LogP contribution in [0.2, 0.25) is 0 Å². The quantitative estimate of drug-likeness (QED) is 0.748. The van der Waals surface area contributed by atoms with Crippen molar-refractivity contribution in [1.29, 1.82) is 0 Å². The van der Waals surface area contributed by atoms with Crippen molar-refractivity contribution in [2.45, 2.75) is 95.2 Å². The van der Waals surface area contributed by atoms with Crippen LogP contribution in [0.4, 0.5) is 0 Å². The highest BCUT2D eigenvalue weighted by Gasteiger charge is 2.88. The van der Waals surface area contributed by atoms with Crippen LogP contribution in [0.15, 0.2) is 0 Å². The maximum Gasteiger partial charge on any atom is 0.309 e. The summed E-state index contributed by atoms with van der Waals surface area (Å²) in [5.74, 6) is -0.109. The van der Waals surface area contributed by atoms with E-state index in [4.69, 9.17) is 9.47 Å². The van der Waals surface area contributed by atoms with Gasteiger partial charge in [-0.05, 0) is 70.1 Å². The van der Waals surface area contributed by atoms with Crippen LogP contribution in [0.5, 0.6) is 0 Å². The second-order valence-corrected chi connectivity index (χ2v) is 10.4. The molecule has 3 saturated carbocycles. The molecule has 25 heavy (non-hydrogen) atoms. The van der Waals surface area contributed by atoms with Gasteiger partial charge in [0, 0.05) is 0 Å². The molecule has 5 aliphatic rings. The molecule has 8 atom stereocenters. The molecule has 1 spiro atoms. The first kappa shape index (κ1) is 16.5. The zero-order valence-electron chi connectivity index (χ0n) is 15.7. The molecule has 2 aliphatic heterocycles. The van der Waals surface area contributed by atoms with Crippen molar-refractivity contribution in [3.8, 4) is 0 Å². The van der Waals surface area contributed by atoms with E-state index in [0.717, 1.165) is 38.5 Å². The van der Waals surface area contributed by atoms with Crippen molar-refractivity contribution in [3.05, 3.63) is 0 Å². The molecule has 0 bridgehead atoms. The number of carboxylic acid groups (broad SMARTS) is 1. The Labute approximate surface area is 149 Å². The second kappa shape index (κ2) is 4.26. The molecule has 5 nitrogen and oxygen atoms in total. The van der Waals surface area contributed by atoms with Gasteiger partial charge in [0.25, 0.3) is 0 Å². The average molecular weight is 350 g/mol. The van der Waals surface area contributed by atoms with E-state index in [9.17, 15) is 15.0 Å². The number of hydrogen-bond acceptors (Lipinski definition) is 4. The van der Waals surface area contributed by atoms with Crippen molar-refractivity contribution in [2.75, 3.05) is 0 Å². The van der Waals surface area contributed by atoms with Crippen molar-refractivity contribution in [1.82, 2.24) is 0 Å². The number of carbonyl (C=O) groups is 1. The highest BCUT2D eigenvalue weighted by Crippen LogP contribution is 2.76. The van der Waals surface area contributed by atoms with E-state index in [1.165, 1.54) is 0 Å². The number of ether oxygens (including phenoxy) is 2. The minimum Gasteiger partial charge on any atom is -0.481 e. The zero-order chi connectivity index (χ0) is 18.0. The smallest absolute Gasteiger partial charge is 0.309 e. The van der Waals surface area contributed by atoms with Crippen LogP contribution in [0.1, 0.15) is 66.2 Å². The van der Waals surface area contributed by atoms with E-state index in [1.807, 2.05) is 20.8 Å². The van der Waals surface area contributed by atoms with E-state index in [-0.39, 0.29) is 29.1 Å². The van der Waals surface area contributed by atoms with Crippen LogP contribution in [-0.2, 0) is 14.3 Å². The third kappa shape index (κ3) is 1.65. The van der Waals surface area contributed by atoms with E-state index in [2.05, 4.69) is 6.92 Å². The van der Waals surface area contributed by atoms with E-state index < -0.39 is 22.6 Å². The summed E-state index contributed by atoms with van der Waals surface area (Å²) in [6, 6.07) is 0. The molecule has 0 unspecified atom stereocenters. The summed E-state index contributed by atoms with van der Waals surface area (Å²) in [4.78, 5) is 12.1. The number of hydrogen-bond donors (Lipinski definition) is 2. The van der Waals surface area contributed by atoms with Crippen LogP contribution < -0.4 is 0 Å². The molecule has 0 aromatic heterocycles. The molecule has 0 radical (unpaired) electrons. The highest BCUT2D eigenvalue weighted by atomic mass is 16.7. The molecule has 0 aromatic carbocycles. The van der Waals surface area contributed by atoms with Gasteiger partial charge in [-0.1, -0.05) is 13.3 Å². The number of epoxide rings is 2. The number of aliphatic hydroxyl groups is 1. The van der Waals surface area contributed by atoms with E-state index in [0.29, 0.717) is 5.92 Å². The number of carboxylic acids is 1. The molecular formula is C20H30O5. The summed E-state index contributed by atoms with van der Waals surface area (Å²) in [6.45, 7) is 7.93. The van der Waals surface area contributed by atoms with Crippen molar-refractivity contribution < 1.29 is 24.5 Å². The predicted octanol–water partition coefficient (Wildman–Crippen LogP) is 2.74. The first-order valence-corrected chi connectivity index (χ1v) is 9.84. The fourth-order valence-corrected chi connectivity index (χ4v) is 7.62. The molecule has 5 fully saturated rings. The van der Waals surface area contributed by atoms with Gasteiger partial charge in [0.1, 0.15) is 11.7 Å². The Hall–Kier alpha value is -0.650. The Morgan fingerprint density at radius 3 is 2.48 bits per heavy atom. The lowest BCUT2D eigenvalue weighted by Crippen LogP contribution is -2.61. The highest BCUT2D eigenvalue weighted by molar-refractivity contribution is 5.75. The first-order valence-electron chi connectivity index (χ1n) is 9.84.